The number of hydrogen-bond donors (Lipinski definition) is 1. The molecule has 1 unspecified atom stereocenters. The van der Waals surface area contributed by atoms with Gasteiger partial charge in [0.1, 0.15) is 5.54 Å². The zero-order chi connectivity index (χ0) is 16.0. The quantitative estimate of drug-likeness (QED) is 0.785. The van der Waals surface area contributed by atoms with Gasteiger partial charge in [-0.3, -0.25) is 4.79 Å². The lowest BCUT2D eigenvalue weighted by Crippen LogP contribution is -2.50. The maximum Gasteiger partial charge on any atom is 0.326 e. The van der Waals surface area contributed by atoms with E-state index in [1.807, 2.05) is 13.8 Å². The normalized spacial score (nSPS) is 13.6. The van der Waals surface area contributed by atoms with Gasteiger partial charge >= 0.3 is 5.97 Å². The lowest BCUT2D eigenvalue weighted by Gasteiger charge is -2.30. The van der Waals surface area contributed by atoms with Crippen LogP contribution < -0.4 is 10.2 Å². The molecule has 0 fully saturated rings. The molecule has 0 heterocycles. The summed E-state index contributed by atoms with van der Waals surface area (Å²) in [5, 5.41) is 3.09. The third-order valence-corrected chi connectivity index (χ3v) is 3.87. The van der Waals surface area contributed by atoms with Gasteiger partial charge in [-0.05, 0) is 64.4 Å². The van der Waals surface area contributed by atoms with Crippen molar-refractivity contribution in [1.29, 1.82) is 0 Å². The maximum atomic E-state index is 12.1. The number of carbonyl (C=O) groups excluding carboxylic acids is 1. The molecule has 118 valence electrons. The number of ether oxygens (including phenoxy) is 1. The third kappa shape index (κ3) is 4.74. The van der Waals surface area contributed by atoms with Crippen molar-refractivity contribution in [2.75, 3.05) is 32.1 Å². The Morgan fingerprint density at radius 1 is 1.29 bits per heavy atom. The van der Waals surface area contributed by atoms with Crippen molar-refractivity contribution >= 4 is 11.7 Å². The molecular formula is C17H28N2O2. The predicted molar refractivity (Wildman–Crippen MR) is 87.9 cm³/mol. The number of esters is 1. The molecule has 21 heavy (non-hydrogen) atoms. The highest BCUT2D eigenvalue weighted by molar-refractivity contribution is 5.80. The molecule has 0 radical (unpaired) electrons. The number of likely N-dealkylation sites (N-methyl/N-ethyl adjacent to an activating group) is 1. The van der Waals surface area contributed by atoms with E-state index in [2.05, 4.69) is 49.3 Å². The summed E-state index contributed by atoms with van der Waals surface area (Å²) >= 11 is 0. The van der Waals surface area contributed by atoms with Crippen LogP contribution in [0.1, 0.15) is 31.4 Å². The average molecular weight is 292 g/mol. The molecule has 0 saturated carbocycles. The Kier molecular flexibility index (Phi) is 6.21. The van der Waals surface area contributed by atoms with E-state index in [1.54, 1.807) is 7.05 Å². The van der Waals surface area contributed by atoms with Crippen LogP contribution in [0.2, 0.25) is 0 Å². The predicted octanol–water partition coefficient (Wildman–Crippen LogP) is 2.67. The van der Waals surface area contributed by atoms with Crippen LogP contribution >= 0.6 is 0 Å². The van der Waals surface area contributed by atoms with Crippen molar-refractivity contribution in [3.05, 3.63) is 29.3 Å². The van der Waals surface area contributed by atoms with Gasteiger partial charge in [-0.15, -0.1) is 0 Å². The zero-order valence-electron chi connectivity index (χ0n) is 14.1. The molecule has 1 rings (SSSR count). The van der Waals surface area contributed by atoms with E-state index in [4.69, 9.17) is 4.74 Å². The first-order valence-corrected chi connectivity index (χ1v) is 7.48. The molecule has 1 aromatic rings. The van der Waals surface area contributed by atoms with Crippen molar-refractivity contribution < 1.29 is 9.53 Å². The van der Waals surface area contributed by atoms with E-state index < -0.39 is 5.54 Å². The van der Waals surface area contributed by atoms with Crippen molar-refractivity contribution in [3.63, 3.8) is 0 Å². The Bertz CT molecular complexity index is 467. The number of nitrogens with zero attached hydrogens (tertiary/aromatic N) is 1. The van der Waals surface area contributed by atoms with Crippen molar-refractivity contribution in [2.45, 2.75) is 39.7 Å². The van der Waals surface area contributed by atoms with E-state index in [1.165, 1.54) is 16.8 Å². The van der Waals surface area contributed by atoms with E-state index >= 15 is 0 Å². The molecule has 0 amide bonds. The van der Waals surface area contributed by atoms with Crippen LogP contribution in [0.4, 0.5) is 5.69 Å². The van der Waals surface area contributed by atoms with E-state index in [0.717, 1.165) is 6.54 Å². The highest BCUT2D eigenvalue weighted by Gasteiger charge is 2.32. The molecule has 0 spiro atoms. The minimum Gasteiger partial charge on any atom is -0.465 e. The Hall–Kier alpha value is -1.55. The number of carbonyl (C=O) groups is 1. The maximum absolute atomic E-state index is 12.1. The molecule has 1 atom stereocenters. The van der Waals surface area contributed by atoms with Crippen molar-refractivity contribution in [1.82, 2.24) is 5.32 Å². The summed E-state index contributed by atoms with van der Waals surface area (Å²) in [6.45, 7) is 9.10. The van der Waals surface area contributed by atoms with Crippen LogP contribution in [0.3, 0.4) is 0 Å². The molecule has 0 aliphatic carbocycles. The van der Waals surface area contributed by atoms with Crippen LogP contribution in [-0.4, -0.2) is 38.8 Å². The molecule has 0 bridgehead atoms. The topological polar surface area (TPSA) is 41.6 Å². The van der Waals surface area contributed by atoms with Gasteiger partial charge in [-0.25, -0.2) is 0 Å². The van der Waals surface area contributed by atoms with E-state index in [9.17, 15) is 4.79 Å². The first-order valence-electron chi connectivity index (χ1n) is 7.48. The summed E-state index contributed by atoms with van der Waals surface area (Å²) in [6, 6.07) is 6.48. The number of rotatable bonds is 7. The largest absolute Gasteiger partial charge is 0.465 e. The third-order valence-electron chi connectivity index (χ3n) is 3.87. The summed E-state index contributed by atoms with van der Waals surface area (Å²) in [5.41, 5.74) is 3.02. The van der Waals surface area contributed by atoms with Crippen LogP contribution in [0.15, 0.2) is 18.2 Å². The minimum atomic E-state index is -0.650. The monoisotopic (exact) mass is 292 g/mol. The highest BCUT2D eigenvalue weighted by Crippen LogP contribution is 2.20. The molecule has 4 heteroatoms. The fourth-order valence-electron chi connectivity index (χ4n) is 2.31. The van der Waals surface area contributed by atoms with Crippen LogP contribution in [0, 0.1) is 13.8 Å². The molecule has 0 aliphatic heterocycles. The van der Waals surface area contributed by atoms with Crippen LogP contribution in [-0.2, 0) is 9.53 Å². The fraction of sp³-hybridized carbons (Fsp3) is 0.588. The molecular weight excluding hydrogens is 264 g/mol. The van der Waals surface area contributed by atoms with Gasteiger partial charge in [0.25, 0.3) is 0 Å². The Morgan fingerprint density at radius 3 is 2.33 bits per heavy atom. The first-order chi connectivity index (χ1) is 9.82. The van der Waals surface area contributed by atoms with Gasteiger partial charge in [0, 0.05) is 19.3 Å². The molecule has 0 aromatic heterocycles. The Labute approximate surface area is 128 Å². The van der Waals surface area contributed by atoms with E-state index in [-0.39, 0.29) is 5.97 Å². The zero-order valence-corrected chi connectivity index (χ0v) is 14.1. The molecule has 4 nitrogen and oxygen atoms in total. The number of hydrogen-bond acceptors (Lipinski definition) is 4. The second-order valence-electron chi connectivity index (χ2n) is 5.82. The van der Waals surface area contributed by atoms with Gasteiger partial charge < -0.3 is 15.0 Å². The lowest BCUT2D eigenvalue weighted by molar-refractivity contribution is -0.150. The van der Waals surface area contributed by atoms with Gasteiger partial charge in [-0.2, -0.15) is 0 Å². The van der Waals surface area contributed by atoms with Gasteiger partial charge in [-0.1, -0.05) is 6.07 Å². The van der Waals surface area contributed by atoms with Gasteiger partial charge in [0.15, 0.2) is 0 Å². The summed E-state index contributed by atoms with van der Waals surface area (Å²) < 4.78 is 5.15. The second-order valence-corrected chi connectivity index (χ2v) is 5.82. The first kappa shape index (κ1) is 17.5. The number of aryl methyl sites for hydroxylation is 2. The fourth-order valence-corrected chi connectivity index (χ4v) is 2.31. The average Bonchev–Trinajstić information content (AvgIpc) is 2.43. The minimum absolute atomic E-state index is 0.193. The Morgan fingerprint density at radius 2 is 1.86 bits per heavy atom. The molecule has 0 aliphatic rings. The Balaban J connectivity index is 2.73. The highest BCUT2D eigenvalue weighted by atomic mass is 16.5. The summed E-state index contributed by atoms with van der Waals surface area (Å²) in [7, 11) is 3.85. The summed E-state index contributed by atoms with van der Waals surface area (Å²) in [5.74, 6) is -0.193. The van der Waals surface area contributed by atoms with Crippen molar-refractivity contribution in [2.24, 2.45) is 0 Å². The van der Waals surface area contributed by atoms with Gasteiger partial charge in [0.2, 0.25) is 0 Å². The molecule has 1 aromatic carbocycles. The number of benzene rings is 1. The van der Waals surface area contributed by atoms with Gasteiger partial charge in [0.05, 0.1) is 6.61 Å². The van der Waals surface area contributed by atoms with E-state index in [0.29, 0.717) is 13.0 Å². The lowest BCUT2D eigenvalue weighted by atomic mass is 9.97. The number of anilines is 1. The molecule has 1 N–H and O–H groups in total. The summed E-state index contributed by atoms with van der Waals surface area (Å²) in [4.78, 5) is 14.2. The SMILES string of the molecule is CCOC(=O)C(C)(CCN(C)c1cc(C)cc(C)c1)NC. The second kappa shape index (κ2) is 7.46. The standard InChI is InChI=1S/C17H28N2O2/c1-7-21-16(20)17(4,18-5)8-9-19(6)15-11-13(2)10-14(3)12-15/h10-12,18H,7-9H2,1-6H3. The summed E-state index contributed by atoms with van der Waals surface area (Å²) in [6.07, 6.45) is 0.686. The smallest absolute Gasteiger partial charge is 0.326 e. The number of nitrogens with one attached hydrogen (secondary N) is 1. The van der Waals surface area contributed by atoms with Crippen molar-refractivity contribution in [3.8, 4) is 0 Å². The molecule has 0 saturated heterocycles. The van der Waals surface area contributed by atoms with Crippen LogP contribution in [0.25, 0.3) is 0 Å². The van der Waals surface area contributed by atoms with Crippen LogP contribution in [0.5, 0.6) is 0 Å².